The molecule has 1 aliphatic rings. The second-order valence-corrected chi connectivity index (χ2v) is 4.13. The van der Waals surface area contributed by atoms with Crippen LogP contribution >= 0.6 is 11.6 Å². The SMILES string of the molecule is [2H]c1c(Cl)nc(=O)n([2H])c1N1CCCCC1CO. The van der Waals surface area contributed by atoms with Crippen molar-refractivity contribution in [3.05, 3.63) is 21.7 Å². The molecular formula is C10H14ClN3O2. The molecule has 0 bridgehead atoms. The molecule has 1 saturated heterocycles. The molecule has 1 aliphatic heterocycles. The Hall–Kier alpha value is -1.07. The number of aliphatic hydroxyl groups excluding tert-OH is 1. The smallest absolute Gasteiger partial charge is 0.347 e. The molecule has 1 fully saturated rings. The number of H-pyrrole nitrogens is 1. The van der Waals surface area contributed by atoms with Crippen molar-refractivity contribution in [2.24, 2.45) is 0 Å². The topological polar surface area (TPSA) is 69.2 Å². The molecule has 2 N–H and O–H groups in total. The summed E-state index contributed by atoms with van der Waals surface area (Å²) in [5.74, 6) is 0.110. The van der Waals surface area contributed by atoms with Crippen LogP contribution in [-0.2, 0) is 0 Å². The maximum Gasteiger partial charge on any atom is 0.347 e. The van der Waals surface area contributed by atoms with Gasteiger partial charge in [0.2, 0.25) is 0 Å². The van der Waals surface area contributed by atoms with E-state index in [0.717, 1.165) is 19.3 Å². The molecule has 0 aliphatic carbocycles. The second kappa shape index (κ2) is 4.84. The summed E-state index contributed by atoms with van der Waals surface area (Å²) >= 11 is 5.72. The maximum absolute atomic E-state index is 11.5. The lowest BCUT2D eigenvalue weighted by molar-refractivity contribution is 0.239. The van der Waals surface area contributed by atoms with E-state index in [1.807, 2.05) is 0 Å². The van der Waals surface area contributed by atoms with Gasteiger partial charge in [0.1, 0.15) is 11.0 Å². The molecule has 16 heavy (non-hydrogen) atoms. The predicted octanol–water partition coefficient (Wildman–Crippen LogP) is 0.774. The minimum Gasteiger partial charge on any atom is -0.394 e. The van der Waals surface area contributed by atoms with Crippen molar-refractivity contribution >= 4 is 17.4 Å². The molecule has 1 aromatic rings. The average molecular weight is 246 g/mol. The summed E-state index contributed by atoms with van der Waals surface area (Å²) in [4.78, 5) is 17.1. The number of aliphatic hydroxyl groups is 1. The van der Waals surface area contributed by atoms with Crippen LogP contribution in [0.25, 0.3) is 0 Å². The average Bonchev–Trinajstić information content (AvgIpc) is 2.37. The lowest BCUT2D eigenvalue weighted by Crippen LogP contribution is -2.43. The van der Waals surface area contributed by atoms with Gasteiger partial charge in [0.05, 0.1) is 14.0 Å². The van der Waals surface area contributed by atoms with Crippen molar-refractivity contribution in [2.45, 2.75) is 25.3 Å². The Morgan fingerprint density at radius 3 is 3.38 bits per heavy atom. The maximum atomic E-state index is 11.5. The Kier molecular flexibility index (Phi) is 2.73. The van der Waals surface area contributed by atoms with E-state index in [0.29, 0.717) is 11.5 Å². The quantitative estimate of drug-likeness (QED) is 0.756. The van der Waals surface area contributed by atoms with E-state index in [2.05, 4.69) is 4.98 Å². The van der Waals surface area contributed by atoms with Crippen molar-refractivity contribution in [1.82, 2.24) is 9.96 Å². The molecule has 88 valence electrons. The lowest BCUT2D eigenvalue weighted by atomic mass is 10.0. The molecule has 1 aromatic heterocycles. The fourth-order valence-corrected chi connectivity index (χ4v) is 2.11. The minimum atomic E-state index is -0.812. The molecule has 0 saturated carbocycles. The molecule has 0 aromatic carbocycles. The van der Waals surface area contributed by atoms with Crippen LogP contribution in [0.5, 0.6) is 0 Å². The number of piperidine rings is 1. The third-order valence-electron chi connectivity index (χ3n) is 2.72. The summed E-state index contributed by atoms with van der Waals surface area (Å²) in [5, 5.41) is 9.14. The highest BCUT2D eigenvalue weighted by atomic mass is 35.5. The summed E-state index contributed by atoms with van der Waals surface area (Å²) in [5.41, 5.74) is -0.812. The first-order chi connectivity index (χ1) is 8.56. The summed E-state index contributed by atoms with van der Waals surface area (Å²) in [7, 11) is 0. The third-order valence-corrected chi connectivity index (χ3v) is 2.90. The van der Waals surface area contributed by atoms with Gasteiger partial charge < -0.3 is 10.0 Å². The van der Waals surface area contributed by atoms with Gasteiger partial charge in [-0.15, -0.1) is 0 Å². The Morgan fingerprint density at radius 1 is 1.81 bits per heavy atom. The van der Waals surface area contributed by atoms with Gasteiger partial charge in [0, 0.05) is 12.6 Å². The number of rotatable bonds is 2. The van der Waals surface area contributed by atoms with Crippen LogP contribution in [-0.4, -0.2) is 34.3 Å². The van der Waals surface area contributed by atoms with E-state index in [1.165, 1.54) is 0 Å². The van der Waals surface area contributed by atoms with Gasteiger partial charge in [-0.3, -0.25) is 4.98 Å². The van der Waals surface area contributed by atoms with Crippen LogP contribution in [0.2, 0.25) is 6.56 Å². The van der Waals surface area contributed by atoms with Crippen LogP contribution in [0.4, 0.5) is 5.82 Å². The zero-order valence-electron chi connectivity index (χ0n) is 10.7. The number of nitrogens with one attached hydrogen (secondary N) is 1. The number of halogens is 1. The van der Waals surface area contributed by atoms with Crippen LogP contribution < -0.4 is 10.6 Å². The number of hydrogen-bond acceptors (Lipinski definition) is 4. The summed E-state index contributed by atoms with van der Waals surface area (Å²) in [6.45, 7) is 0.517. The largest absolute Gasteiger partial charge is 0.394 e. The lowest BCUT2D eigenvalue weighted by Gasteiger charge is -2.35. The van der Waals surface area contributed by atoms with Crippen molar-refractivity contribution < 1.29 is 7.89 Å². The van der Waals surface area contributed by atoms with Gasteiger partial charge >= 0.3 is 5.69 Å². The fourth-order valence-electron chi connectivity index (χ4n) is 1.95. The number of aromatic nitrogens is 2. The summed E-state index contributed by atoms with van der Waals surface area (Å²) in [6.07, 6.45) is 2.64. The minimum absolute atomic E-state index is 0.0758. The number of anilines is 1. The van der Waals surface area contributed by atoms with Crippen LogP contribution in [0.3, 0.4) is 0 Å². The van der Waals surface area contributed by atoms with Gasteiger partial charge in [-0.05, 0) is 19.3 Å². The van der Waals surface area contributed by atoms with E-state index in [4.69, 9.17) is 14.4 Å². The van der Waals surface area contributed by atoms with Crippen molar-refractivity contribution in [2.75, 3.05) is 18.1 Å². The molecular weight excluding hydrogens is 230 g/mol. The number of hydrogen-bond donors (Lipinski definition) is 2. The van der Waals surface area contributed by atoms with Gasteiger partial charge in [0.25, 0.3) is 0 Å². The van der Waals surface area contributed by atoms with Crippen molar-refractivity contribution in [1.29, 1.82) is 0 Å². The van der Waals surface area contributed by atoms with E-state index in [9.17, 15) is 9.90 Å². The van der Waals surface area contributed by atoms with Crippen LogP contribution in [0.15, 0.2) is 10.8 Å². The first kappa shape index (κ1) is 9.01. The zero-order valence-corrected chi connectivity index (χ0v) is 9.44. The third kappa shape index (κ3) is 2.36. The van der Waals surface area contributed by atoms with Crippen molar-refractivity contribution in [3.63, 3.8) is 0 Å². The first-order valence-electron chi connectivity index (χ1n) is 6.17. The fraction of sp³-hybridized carbons (Fsp3) is 0.600. The highest BCUT2D eigenvalue weighted by Gasteiger charge is 2.22. The van der Waals surface area contributed by atoms with E-state index < -0.39 is 5.69 Å². The van der Waals surface area contributed by atoms with Gasteiger partial charge in [-0.2, -0.15) is 4.98 Å². The Balaban J connectivity index is 2.52. The van der Waals surface area contributed by atoms with E-state index in [-0.39, 0.29) is 29.7 Å². The highest BCUT2D eigenvalue weighted by Crippen LogP contribution is 2.23. The molecule has 0 radical (unpaired) electrons. The molecule has 2 heterocycles. The Bertz CT molecular complexity index is 509. The molecule has 1 unspecified atom stereocenters. The normalized spacial score (nSPS) is 22.9. The van der Waals surface area contributed by atoms with Crippen molar-refractivity contribution in [3.8, 4) is 0 Å². The number of nitrogens with zero attached hydrogens (tertiary/aromatic N) is 2. The monoisotopic (exact) mass is 245 g/mol. The highest BCUT2D eigenvalue weighted by molar-refractivity contribution is 6.29. The van der Waals surface area contributed by atoms with Gasteiger partial charge in [-0.1, -0.05) is 11.6 Å². The second-order valence-electron chi connectivity index (χ2n) is 3.77. The Labute approximate surface area is 101 Å². The van der Waals surface area contributed by atoms with Crippen LogP contribution in [0.1, 0.15) is 20.6 Å². The number of aromatic amines is 1. The predicted molar refractivity (Wildman–Crippen MR) is 61.9 cm³/mol. The van der Waals surface area contributed by atoms with E-state index in [1.54, 1.807) is 4.90 Å². The molecule has 1 atom stereocenters. The first-order valence-corrected chi connectivity index (χ1v) is 5.60. The van der Waals surface area contributed by atoms with E-state index >= 15 is 0 Å². The molecule has 0 amide bonds. The van der Waals surface area contributed by atoms with Gasteiger partial charge in [0.15, 0.2) is 1.41 Å². The summed E-state index contributed by atoms with van der Waals surface area (Å²) < 4.78 is 15.5. The molecule has 0 spiro atoms. The standard InChI is InChI=1S/C10H14ClN3O2/c11-8-5-9(13-10(16)12-8)14-4-2-1-3-7(14)6-15/h5,7,15H,1-4,6H2,(H,12,13,16)/i5D/hD. The summed E-state index contributed by atoms with van der Waals surface area (Å²) in [6, 6.07) is -0.330. The van der Waals surface area contributed by atoms with Gasteiger partial charge in [-0.25, -0.2) is 4.79 Å². The molecule has 2 rings (SSSR count). The molecule has 5 nitrogen and oxygen atoms in total. The molecule has 6 heteroatoms. The van der Waals surface area contributed by atoms with Crippen LogP contribution in [0, 0.1) is 0 Å². The zero-order chi connectivity index (χ0) is 13.3. The Morgan fingerprint density at radius 2 is 2.62 bits per heavy atom.